The molecule has 0 aliphatic heterocycles. The highest BCUT2D eigenvalue weighted by molar-refractivity contribution is 5.97. The number of nitrogens with one attached hydrogen (secondary N) is 2. The van der Waals surface area contributed by atoms with Gasteiger partial charge in [-0.2, -0.15) is 10.4 Å². The molecule has 1 aromatic heterocycles. The van der Waals surface area contributed by atoms with Crippen molar-refractivity contribution >= 4 is 23.8 Å². The summed E-state index contributed by atoms with van der Waals surface area (Å²) in [4.78, 5) is 29.2. The van der Waals surface area contributed by atoms with E-state index in [1.54, 1.807) is 24.3 Å². The molecule has 11 heteroatoms. The second-order valence-electron chi connectivity index (χ2n) is 7.89. The molecule has 1 aliphatic carbocycles. The van der Waals surface area contributed by atoms with Crippen LogP contribution in [0.5, 0.6) is 5.75 Å². The van der Waals surface area contributed by atoms with Gasteiger partial charge in [-0.1, -0.05) is 24.3 Å². The molecule has 1 aliphatic rings. The van der Waals surface area contributed by atoms with Crippen LogP contribution in [0.2, 0.25) is 0 Å². The summed E-state index contributed by atoms with van der Waals surface area (Å²) >= 11 is 0. The highest BCUT2D eigenvalue weighted by Gasteiger charge is 2.31. The van der Waals surface area contributed by atoms with Gasteiger partial charge in [0.15, 0.2) is 0 Å². The van der Waals surface area contributed by atoms with Crippen LogP contribution < -0.4 is 15.5 Å². The third kappa shape index (κ3) is 6.66. The Balaban J connectivity index is 1.56. The number of nitrogens with zero attached hydrogens (tertiary/aromatic N) is 3. The monoisotopic (exact) mass is 493 g/mol. The van der Waals surface area contributed by atoms with Crippen LogP contribution in [0.15, 0.2) is 65.8 Å². The first-order valence-electron chi connectivity index (χ1n) is 10.7. The van der Waals surface area contributed by atoms with Crippen LogP contribution in [0, 0.1) is 17.2 Å². The number of aromatic nitrogens is 1. The molecule has 2 aromatic carbocycles. The first kappa shape index (κ1) is 24.4. The number of hydrogen-bond donors (Lipinski definition) is 2. The molecule has 0 spiro atoms. The van der Waals surface area contributed by atoms with Gasteiger partial charge in [-0.15, -0.1) is 13.2 Å². The van der Waals surface area contributed by atoms with Crippen molar-refractivity contribution in [1.29, 1.82) is 5.26 Å². The van der Waals surface area contributed by atoms with Gasteiger partial charge >= 0.3 is 6.36 Å². The lowest BCUT2D eigenvalue weighted by atomic mass is 10.1. The van der Waals surface area contributed by atoms with E-state index in [4.69, 9.17) is 5.26 Å². The van der Waals surface area contributed by atoms with Crippen LogP contribution in [0.25, 0.3) is 11.1 Å². The number of hydrazone groups is 1. The molecule has 1 fully saturated rings. The molecular weight excluding hydrogens is 475 g/mol. The third-order valence-electron chi connectivity index (χ3n) is 5.10. The van der Waals surface area contributed by atoms with Gasteiger partial charge in [0.05, 0.1) is 17.8 Å². The topological polar surface area (TPSA) is 116 Å². The molecule has 4 rings (SSSR count). The number of anilines is 1. The Hall–Kier alpha value is -4.72. The Morgan fingerprint density at radius 2 is 1.75 bits per heavy atom. The van der Waals surface area contributed by atoms with Crippen molar-refractivity contribution in [3.05, 3.63) is 77.5 Å². The Morgan fingerprint density at radius 1 is 1.06 bits per heavy atom. The highest BCUT2D eigenvalue weighted by atomic mass is 19.4. The van der Waals surface area contributed by atoms with E-state index in [0.29, 0.717) is 22.3 Å². The lowest BCUT2D eigenvalue weighted by molar-refractivity contribution is -0.274. The minimum absolute atomic E-state index is 0.0637. The summed E-state index contributed by atoms with van der Waals surface area (Å²) in [5, 5.41) is 15.4. The van der Waals surface area contributed by atoms with Gasteiger partial charge in [0.2, 0.25) is 5.91 Å². The van der Waals surface area contributed by atoms with Crippen LogP contribution in [0.3, 0.4) is 0 Å². The summed E-state index contributed by atoms with van der Waals surface area (Å²) in [6.07, 6.45) is -1.90. The van der Waals surface area contributed by atoms with Crippen molar-refractivity contribution in [3.63, 3.8) is 0 Å². The molecule has 0 radical (unpaired) electrons. The summed E-state index contributed by atoms with van der Waals surface area (Å²) in [5.74, 6) is -1.26. The summed E-state index contributed by atoms with van der Waals surface area (Å²) < 4.78 is 41.3. The van der Waals surface area contributed by atoms with Crippen LogP contribution in [-0.2, 0) is 4.79 Å². The Morgan fingerprint density at radius 3 is 2.36 bits per heavy atom. The Bertz CT molecular complexity index is 1340. The third-order valence-corrected chi connectivity index (χ3v) is 5.10. The van der Waals surface area contributed by atoms with Gasteiger partial charge in [0, 0.05) is 5.92 Å². The number of ether oxygens (including phenoxy) is 1. The van der Waals surface area contributed by atoms with Crippen LogP contribution in [0.4, 0.5) is 19.0 Å². The zero-order valence-corrected chi connectivity index (χ0v) is 18.5. The number of alkyl halides is 3. The minimum Gasteiger partial charge on any atom is -0.406 e. The second-order valence-corrected chi connectivity index (χ2v) is 7.89. The molecular formula is C25H18F3N5O3. The van der Waals surface area contributed by atoms with Crippen LogP contribution in [-0.4, -0.2) is 29.4 Å². The summed E-state index contributed by atoms with van der Waals surface area (Å²) in [5.41, 5.74) is 4.33. The smallest absolute Gasteiger partial charge is 0.406 e. The molecule has 0 bridgehead atoms. The predicted octanol–water partition coefficient (Wildman–Crippen LogP) is 4.63. The first-order chi connectivity index (χ1) is 17.2. The normalized spacial score (nSPS) is 13.2. The quantitative estimate of drug-likeness (QED) is 0.368. The van der Waals surface area contributed by atoms with Crippen molar-refractivity contribution in [2.75, 3.05) is 5.32 Å². The van der Waals surface area contributed by atoms with E-state index >= 15 is 0 Å². The fourth-order valence-electron chi connectivity index (χ4n) is 3.17. The van der Waals surface area contributed by atoms with Gasteiger partial charge in [-0.3, -0.25) is 9.59 Å². The lowest BCUT2D eigenvalue weighted by Gasteiger charge is -2.11. The zero-order valence-electron chi connectivity index (χ0n) is 18.5. The maximum absolute atomic E-state index is 12.7. The van der Waals surface area contributed by atoms with Gasteiger partial charge < -0.3 is 10.1 Å². The number of amides is 2. The SMILES string of the molecule is N#Cc1ccc(/C=N/NC(=O)c2cc(-c3ccc(OC(F)(F)F)cc3)cc(NC(=O)C3CC3)n2)cc1. The van der Waals surface area contributed by atoms with Crippen molar-refractivity contribution in [2.24, 2.45) is 11.0 Å². The molecule has 1 saturated carbocycles. The zero-order chi connectivity index (χ0) is 25.7. The molecule has 2 amide bonds. The number of rotatable bonds is 7. The van der Waals surface area contributed by atoms with Gasteiger partial charge in [-0.05, 0) is 65.9 Å². The highest BCUT2D eigenvalue weighted by Crippen LogP contribution is 2.31. The average molecular weight is 493 g/mol. The average Bonchev–Trinajstić information content (AvgIpc) is 3.69. The van der Waals surface area contributed by atoms with E-state index < -0.39 is 18.0 Å². The van der Waals surface area contributed by atoms with Crippen LogP contribution in [0.1, 0.15) is 34.5 Å². The second kappa shape index (κ2) is 10.3. The van der Waals surface area contributed by atoms with Gasteiger partial charge in [-0.25, -0.2) is 10.4 Å². The van der Waals surface area contributed by atoms with E-state index in [1.165, 1.54) is 30.5 Å². The number of carbonyl (C=O) groups excluding carboxylic acids is 2. The minimum atomic E-state index is -4.82. The molecule has 0 saturated heterocycles. The van der Waals surface area contributed by atoms with Crippen molar-refractivity contribution in [2.45, 2.75) is 19.2 Å². The Kier molecular flexibility index (Phi) is 6.96. The van der Waals surface area contributed by atoms with E-state index in [1.807, 2.05) is 6.07 Å². The number of benzene rings is 2. The molecule has 0 unspecified atom stereocenters. The van der Waals surface area contributed by atoms with Crippen molar-refractivity contribution in [3.8, 4) is 22.9 Å². The molecule has 182 valence electrons. The summed E-state index contributed by atoms with van der Waals surface area (Å²) in [6, 6.07) is 16.6. The van der Waals surface area contributed by atoms with Crippen molar-refractivity contribution in [1.82, 2.24) is 10.4 Å². The number of halogens is 3. The maximum atomic E-state index is 12.7. The van der Waals surface area contributed by atoms with Crippen LogP contribution >= 0.6 is 0 Å². The van der Waals surface area contributed by atoms with E-state index in [0.717, 1.165) is 25.0 Å². The molecule has 36 heavy (non-hydrogen) atoms. The molecule has 1 heterocycles. The standard InChI is InChI=1S/C25H18F3N5O3/c26-25(27,28)36-20-9-7-17(8-10-20)19-11-21(31-22(12-19)32-23(34)18-5-6-18)24(35)33-30-14-16-3-1-15(13-29)2-4-16/h1-4,7-12,14,18H,5-6H2,(H,33,35)(H,31,32,34)/b30-14+. The predicted molar refractivity (Wildman–Crippen MR) is 124 cm³/mol. The van der Waals surface area contributed by atoms with Gasteiger partial charge in [0.1, 0.15) is 17.3 Å². The largest absolute Gasteiger partial charge is 0.573 e. The molecule has 8 nitrogen and oxygen atoms in total. The number of pyridine rings is 1. The first-order valence-corrected chi connectivity index (χ1v) is 10.7. The molecule has 3 aromatic rings. The summed E-state index contributed by atoms with van der Waals surface area (Å²) in [7, 11) is 0. The number of nitriles is 1. The van der Waals surface area contributed by atoms with Gasteiger partial charge in [0.25, 0.3) is 5.91 Å². The van der Waals surface area contributed by atoms with E-state index in [9.17, 15) is 22.8 Å². The molecule has 0 atom stereocenters. The Labute approximate surface area is 203 Å². The number of carbonyl (C=O) groups is 2. The summed E-state index contributed by atoms with van der Waals surface area (Å²) in [6.45, 7) is 0. The fourth-order valence-corrected chi connectivity index (χ4v) is 3.17. The van der Waals surface area contributed by atoms with E-state index in [2.05, 4.69) is 25.6 Å². The maximum Gasteiger partial charge on any atom is 0.573 e. The van der Waals surface area contributed by atoms with E-state index in [-0.39, 0.29) is 23.3 Å². The number of hydrogen-bond acceptors (Lipinski definition) is 6. The molecule has 2 N–H and O–H groups in total. The van der Waals surface area contributed by atoms with Crippen molar-refractivity contribution < 1.29 is 27.5 Å². The lowest BCUT2D eigenvalue weighted by Crippen LogP contribution is -2.21. The fraction of sp³-hybridized carbons (Fsp3) is 0.160.